The van der Waals surface area contributed by atoms with Crippen LogP contribution in [0, 0.1) is 24.4 Å². The maximum Gasteiger partial charge on any atom is 0.344 e. The number of anilines is 1. The highest BCUT2D eigenvalue weighted by molar-refractivity contribution is 5.92. The second-order valence-corrected chi connectivity index (χ2v) is 4.50. The lowest BCUT2D eigenvalue weighted by Crippen LogP contribution is -2.24. The van der Waals surface area contributed by atoms with Gasteiger partial charge in [0, 0.05) is 6.07 Å². The number of carbonyl (C=O) groups excluding carboxylic acids is 2. The van der Waals surface area contributed by atoms with E-state index in [0.29, 0.717) is 11.8 Å². The molecule has 1 N–H and O–H groups in total. The van der Waals surface area contributed by atoms with Crippen molar-refractivity contribution < 1.29 is 36.8 Å². The number of rotatable bonds is 6. The zero-order valence-electron chi connectivity index (χ0n) is 12.3. The normalized spacial score (nSPS) is 10.3. The molecule has 2 aromatic rings. The number of benzene rings is 1. The zero-order chi connectivity index (χ0) is 17.7. The summed E-state index contributed by atoms with van der Waals surface area (Å²) in [6.45, 7) is 0.331. The lowest BCUT2D eigenvalue weighted by Gasteiger charge is -2.08. The summed E-state index contributed by atoms with van der Waals surface area (Å²) in [5, 5.41) is 5.42. The number of hydrogen-bond acceptors (Lipinski definition) is 6. The van der Waals surface area contributed by atoms with E-state index in [1.165, 1.54) is 6.07 Å². The molecule has 0 radical (unpaired) electrons. The van der Waals surface area contributed by atoms with Gasteiger partial charge in [0.25, 0.3) is 11.8 Å². The average molecular weight is 344 g/mol. The number of amides is 1. The van der Waals surface area contributed by atoms with Crippen LogP contribution < -0.4 is 10.1 Å². The van der Waals surface area contributed by atoms with Gasteiger partial charge >= 0.3 is 5.97 Å². The molecule has 0 spiro atoms. The summed E-state index contributed by atoms with van der Waals surface area (Å²) in [6, 6.07) is 2.92. The van der Waals surface area contributed by atoms with Gasteiger partial charge in [-0.1, -0.05) is 0 Å². The molecule has 0 saturated heterocycles. The van der Waals surface area contributed by atoms with E-state index in [9.17, 15) is 22.8 Å². The SMILES string of the molecule is Cc1cc(OCC(=O)OCC(=O)Nc2ccc(F)c(F)c2F)no1. The lowest BCUT2D eigenvalue weighted by molar-refractivity contribution is -0.149. The van der Waals surface area contributed by atoms with Crippen LogP contribution in [0.4, 0.5) is 18.9 Å². The van der Waals surface area contributed by atoms with Gasteiger partial charge in [-0.3, -0.25) is 4.79 Å². The molecule has 0 fully saturated rings. The number of ether oxygens (including phenoxy) is 2. The van der Waals surface area contributed by atoms with Crippen LogP contribution in [0.5, 0.6) is 5.88 Å². The van der Waals surface area contributed by atoms with Crippen molar-refractivity contribution in [3.63, 3.8) is 0 Å². The van der Waals surface area contributed by atoms with Crippen LogP contribution in [-0.4, -0.2) is 30.2 Å². The molecular weight excluding hydrogens is 333 g/mol. The molecule has 0 aliphatic rings. The van der Waals surface area contributed by atoms with Gasteiger partial charge in [0.15, 0.2) is 30.7 Å². The van der Waals surface area contributed by atoms with Crippen LogP contribution in [-0.2, 0) is 14.3 Å². The van der Waals surface area contributed by atoms with Gasteiger partial charge in [0.05, 0.1) is 5.69 Å². The van der Waals surface area contributed by atoms with Crippen molar-refractivity contribution in [2.75, 3.05) is 18.5 Å². The van der Waals surface area contributed by atoms with Crippen molar-refractivity contribution in [1.29, 1.82) is 0 Å². The maximum atomic E-state index is 13.4. The van der Waals surface area contributed by atoms with Gasteiger partial charge in [-0.25, -0.2) is 18.0 Å². The number of halogens is 3. The molecule has 0 bridgehead atoms. The molecule has 10 heteroatoms. The van der Waals surface area contributed by atoms with Crippen LogP contribution in [0.1, 0.15) is 5.76 Å². The molecule has 1 heterocycles. The summed E-state index contributed by atoms with van der Waals surface area (Å²) < 4.78 is 53.3. The van der Waals surface area contributed by atoms with Crippen LogP contribution in [0.2, 0.25) is 0 Å². The molecule has 2 rings (SSSR count). The fourth-order valence-corrected chi connectivity index (χ4v) is 1.54. The van der Waals surface area contributed by atoms with Crippen LogP contribution in [0.3, 0.4) is 0 Å². The summed E-state index contributed by atoms with van der Waals surface area (Å²) in [5.41, 5.74) is -0.579. The first-order chi connectivity index (χ1) is 11.4. The van der Waals surface area contributed by atoms with Crippen molar-refractivity contribution >= 4 is 17.6 Å². The Morgan fingerprint density at radius 3 is 2.62 bits per heavy atom. The highest BCUT2D eigenvalue weighted by Crippen LogP contribution is 2.19. The Bertz CT molecular complexity index is 763. The zero-order valence-corrected chi connectivity index (χ0v) is 12.3. The highest BCUT2D eigenvalue weighted by Gasteiger charge is 2.16. The second kappa shape index (κ2) is 7.49. The standard InChI is InChI=1S/C14H11F3N2O5/c1-7-4-11(19-24-7)22-6-12(21)23-5-10(20)18-9-3-2-8(15)13(16)14(9)17/h2-4H,5-6H2,1H3,(H,18,20). The first-order valence-corrected chi connectivity index (χ1v) is 6.52. The Balaban J connectivity index is 1.78. The Labute approximate surface area is 133 Å². The quantitative estimate of drug-likeness (QED) is 0.636. The lowest BCUT2D eigenvalue weighted by atomic mass is 10.3. The van der Waals surface area contributed by atoms with E-state index in [4.69, 9.17) is 9.26 Å². The number of carbonyl (C=O) groups is 2. The molecule has 0 aliphatic heterocycles. The van der Waals surface area contributed by atoms with Gasteiger partial charge in [0.2, 0.25) is 0 Å². The number of nitrogens with one attached hydrogen (secondary N) is 1. The summed E-state index contributed by atoms with van der Waals surface area (Å²) in [4.78, 5) is 22.9. The Morgan fingerprint density at radius 2 is 1.96 bits per heavy atom. The van der Waals surface area contributed by atoms with E-state index in [1.54, 1.807) is 6.92 Å². The van der Waals surface area contributed by atoms with E-state index in [1.807, 2.05) is 5.32 Å². The molecule has 1 amide bonds. The average Bonchev–Trinajstić information content (AvgIpc) is 2.97. The first kappa shape index (κ1) is 17.3. The largest absolute Gasteiger partial charge is 0.463 e. The third-order valence-corrected chi connectivity index (χ3v) is 2.62. The van der Waals surface area contributed by atoms with Crippen LogP contribution in [0.25, 0.3) is 0 Å². The van der Waals surface area contributed by atoms with Gasteiger partial charge < -0.3 is 19.3 Å². The van der Waals surface area contributed by atoms with Gasteiger partial charge in [-0.05, 0) is 24.2 Å². The molecular formula is C14H11F3N2O5. The van der Waals surface area contributed by atoms with E-state index in [0.717, 1.165) is 6.07 Å². The van der Waals surface area contributed by atoms with Gasteiger partial charge in [-0.2, -0.15) is 0 Å². The maximum absolute atomic E-state index is 13.4. The fraction of sp³-hybridized carbons (Fsp3) is 0.214. The number of hydrogen-bond donors (Lipinski definition) is 1. The molecule has 24 heavy (non-hydrogen) atoms. The first-order valence-electron chi connectivity index (χ1n) is 6.52. The number of esters is 1. The number of nitrogens with zero attached hydrogens (tertiary/aromatic N) is 1. The van der Waals surface area contributed by atoms with Crippen molar-refractivity contribution in [1.82, 2.24) is 5.16 Å². The summed E-state index contributed by atoms with van der Waals surface area (Å²) >= 11 is 0. The third-order valence-electron chi connectivity index (χ3n) is 2.62. The van der Waals surface area contributed by atoms with Crippen molar-refractivity contribution in [3.8, 4) is 5.88 Å². The highest BCUT2D eigenvalue weighted by atomic mass is 19.2. The van der Waals surface area contributed by atoms with Crippen molar-refractivity contribution in [3.05, 3.63) is 41.4 Å². The van der Waals surface area contributed by atoms with Gasteiger partial charge in [0.1, 0.15) is 5.76 Å². The molecule has 0 saturated carbocycles. The minimum atomic E-state index is -1.72. The molecule has 128 valence electrons. The second-order valence-electron chi connectivity index (χ2n) is 4.50. The minimum Gasteiger partial charge on any atom is -0.463 e. The Hall–Kier alpha value is -3.04. The smallest absolute Gasteiger partial charge is 0.344 e. The molecule has 0 aliphatic carbocycles. The Morgan fingerprint density at radius 1 is 1.21 bits per heavy atom. The van der Waals surface area contributed by atoms with Crippen molar-refractivity contribution in [2.45, 2.75) is 6.92 Å². The van der Waals surface area contributed by atoms with E-state index >= 15 is 0 Å². The van der Waals surface area contributed by atoms with Gasteiger partial charge in [-0.15, -0.1) is 0 Å². The fourth-order valence-electron chi connectivity index (χ4n) is 1.54. The number of aryl methyl sites for hydroxylation is 1. The molecule has 1 aromatic heterocycles. The molecule has 0 unspecified atom stereocenters. The molecule has 1 aromatic carbocycles. The third kappa shape index (κ3) is 4.48. The molecule has 7 nitrogen and oxygen atoms in total. The summed E-state index contributed by atoms with van der Waals surface area (Å²) in [6.07, 6.45) is 0. The number of aromatic nitrogens is 1. The predicted octanol–water partition coefficient (Wildman–Crippen LogP) is 1.96. The summed E-state index contributed by atoms with van der Waals surface area (Å²) in [5.74, 6) is -5.95. The summed E-state index contributed by atoms with van der Waals surface area (Å²) in [7, 11) is 0. The van der Waals surface area contributed by atoms with Crippen LogP contribution in [0.15, 0.2) is 22.7 Å². The van der Waals surface area contributed by atoms with E-state index < -0.39 is 48.2 Å². The monoisotopic (exact) mass is 344 g/mol. The van der Waals surface area contributed by atoms with Crippen LogP contribution >= 0.6 is 0 Å². The minimum absolute atomic E-state index is 0.0674. The Kier molecular flexibility index (Phi) is 5.40. The van der Waals surface area contributed by atoms with E-state index in [2.05, 4.69) is 9.89 Å². The topological polar surface area (TPSA) is 90.7 Å². The predicted molar refractivity (Wildman–Crippen MR) is 72.6 cm³/mol. The van der Waals surface area contributed by atoms with Crippen molar-refractivity contribution in [2.24, 2.45) is 0 Å². The molecule has 0 atom stereocenters. The van der Waals surface area contributed by atoms with E-state index in [-0.39, 0.29) is 5.88 Å².